The monoisotopic (exact) mass is 284 g/mol. The summed E-state index contributed by atoms with van der Waals surface area (Å²) in [5.74, 6) is 0.452. The summed E-state index contributed by atoms with van der Waals surface area (Å²) >= 11 is 0. The van der Waals surface area contributed by atoms with Crippen molar-refractivity contribution in [2.45, 2.75) is 32.8 Å². The van der Waals surface area contributed by atoms with Gasteiger partial charge < -0.3 is 9.84 Å². The van der Waals surface area contributed by atoms with E-state index in [0.717, 1.165) is 16.9 Å². The van der Waals surface area contributed by atoms with Gasteiger partial charge in [0.1, 0.15) is 12.4 Å². The lowest BCUT2D eigenvalue weighted by atomic mass is 10.0. The number of hydrogen-bond donors (Lipinski definition) is 1. The molecule has 2 rings (SSSR count). The minimum absolute atomic E-state index is 0.0386. The van der Waals surface area contributed by atoms with E-state index >= 15 is 0 Å². The fourth-order valence-corrected chi connectivity index (χ4v) is 2.04. The molecule has 0 aliphatic rings. The van der Waals surface area contributed by atoms with Crippen molar-refractivity contribution < 1.29 is 14.6 Å². The summed E-state index contributed by atoms with van der Waals surface area (Å²) in [4.78, 5) is 10.6. The number of ether oxygens (including phenoxy) is 1. The number of aliphatic carboxylic acids is 1. The van der Waals surface area contributed by atoms with Gasteiger partial charge in [-0.25, -0.2) is 0 Å². The first kappa shape index (κ1) is 15.1. The van der Waals surface area contributed by atoms with Crippen molar-refractivity contribution in [3.8, 4) is 5.75 Å². The van der Waals surface area contributed by atoms with Gasteiger partial charge in [-0.05, 0) is 34.7 Å². The Morgan fingerprint density at radius 2 is 1.57 bits per heavy atom. The van der Waals surface area contributed by atoms with Crippen LogP contribution in [0, 0.1) is 0 Å². The zero-order valence-electron chi connectivity index (χ0n) is 12.4. The van der Waals surface area contributed by atoms with E-state index < -0.39 is 5.97 Å². The number of hydrogen-bond acceptors (Lipinski definition) is 2. The van der Waals surface area contributed by atoms with Crippen LogP contribution in [0.4, 0.5) is 0 Å². The third-order valence-corrected chi connectivity index (χ3v) is 3.33. The minimum atomic E-state index is -0.825. The quantitative estimate of drug-likeness (QED) is 0.871. The number of carboxylic acid groups (broad SMARTS) is 1. The Balaban J connectivity index is 1.91. The first-order valence-electron chi connectivity index (χ1n) is 7.07. The summed E-state index contributed by atoms with van der Waals surface area (Å²) in [5, 5.41) is 8.72. The number of carboxylic acids is 1. The molecule has 0 amide bonds. The van der Waals surface area contributed by atoms with Crippen molar-refractivity contribution in [2.24, 2.45) is 0 Å². The van der Waals surface area contributed by atoms with Crippen molar-refractivity contribution in [3.63, 3.8) is 0 Å². The highest BCUT2D eigenvalue weighted by molar-refractivity contribution is 5.70. The summed E-state index contributed by atoms with van der Waals surface area (Å²) in [6.07, 6.45) is 0.0386. The van der Waals surface area contributed by atoms with Crippen molar-refractivity contribution in [1.29, 1.82) is 0 Å². The molecule has 0 aliphatic heterocycles. The Bertz CT molecular complexity index is 583. The molecule has 110 valence electrons. The maximum absolute atomic E-state index is 10.6. The molecule has 0 bridgehead atoms. The molecular weight excluding hydrogens is 264 g/mol. The summed E-state index contributed by atoms with van der Waals surface area (Å²) in [6.45, 7) is 4.85. The van der Waals surface area contributed by atoms with Gasteiger partial charge >= 0.3 is 5.97 Å². The second kappa shape index (κ2) is 6.93. The average molecular weight is 284 g/mol. The van der Waals surface area contributed by atoms with Crippen LogP contribution in [0.2, 0.25) is 0 Å². The van der Waals surface area contributed by atoms with Gasteiger partial charge in [0.05, 0.1) is 6.42 Å². The van der Waals surface area contributed by atoms with Gasteiger partial charge in [0, 0.05) is 0 Å². The molecule has 0 atom stereocenters. The van der Waals surface area contributed by atoms with Crippen LogP contribution in [0.15, 0.2) is 48.5 Å². The van der Waals surface area contributed by atoms with E-state index in [2.05, 4.69) is 38.1 Å². The SMILES string of the molecule is CC(C)c1ccc(COc2ccc(CC(=O)O)cc2)cc1. The van der Waals surface area contributed by atoms with Crippen LogP contribution in [0.1, 0.15) is 36.5 Å². The zero-order chi connectivity index (χ0) is 15.2. The molecule has 0 aromatic heterocycles. The van der Waals surface area contributed by atoms with Crippen molar-refractivity contribution in [3.05, 3.63) is 65.2 Å². The topological polar surface area (TPSA) is 46.5 Å². The van der Waals surface area contributed by atoms with Crippen molar-refractivity contribution >= 4 is 5.97 Å². The lowest BCUT2D eigenvalue weighted by Crippen LogP contribution is -2.00. The molecule has 3 heteroatoms. The molecule has 0 fully saturated rings. The molecule has 0 saturated heterocycles. The Kier molecular flexibility index (Phi) is 4.99. The average Bonchev–Trinajstić information content (AvgIpc) is 2.46. The van der Waals surface area contributed by atoms with Crippen LogP contribution in [-0.2, 0) is 17.8 Å². The molecular formula is C18H20O3. The fraction of sp³-hybridized carbons (Fsp3) is 0.278. The van der Waals surface area contributed by atoms with E-state index in [9.17, 15) is 4.79 Å². The molecule has 0 saturated carbocycles. The summed E-state index contributed by atoms with van der Waals surface area (Å²) in [7, 11) is 0. The molecule has 0 spiro atoms. The molecule has 0 unspecified atom stereocenters. The molecule has 21 heavy (non-hydrogen) atoms. The zero-order valence-corrected chi connectivity index (χ0v) is 12.4. The Labute approximate surface area is 125 Å². The molecule has 0 heterocycles. The van der Waals surface area contributed by atoms with Crippen LogP contribution in [0.3, 0.4) is 0 Å². The number of benzene rings is 2. The standard InChI is InChI=1S/C18H20O3/c1-13(2)16-7-3-15(4-8-16)12-21-17-9-5-14(6-10-17)11-18(19)20/h3-10,13H,11-12H2,1-2H3,(H,19,20). The van der Waals surface area contributed by atoms with Gasteiger partial charge in [0.2, 0.25) is 0 Å². The van der Waals surface area contributed by atoms with Gasteiger partial charge in [0.25, 0.3) is 0 Å². The molecule has 1 N–H and O–H groups in total. The van der Waals surface area contributed by atoms with Crippen molar-refractivity contribution in [2.75, 3.05) is 0 Å². The van der Waals surface area contributed by atoms with Crippen LogP contribution < -0.4 is 4.74 Å². The molecule has 2 aromatic rings. The second-order valence-electron chi connectivity index (χ2n) is 5.40. The number of carbonyl (C=O) groups is 1. The molecule has 0 aliphatic carbocycles. The van der Waals surface area contributed by atoms with Gasteiger partial charge in [-0.2, -0.15) is 0 Å². The lowest BCUT2D eigenvalue weighted by molar-refractivity contribution is -0.136. The maximum Gasteiger partial charge on any atom is 0.307 e. The normalized spacial score (nSPS) is 10.6. The predicted molar refractivity (Wildman–Crippen MR) is 82.6 cm³/mol. The van der Waals surface area contributed by atoms with E-state index in [1.807, 2.05) is 0 Å². The van der Waals surface area contributed by atoms with Crippen molar-refractivity contribution in [1.82, 2.24) is 0 Å². The molecule has 0 radical (unpaired) electrons. The van der Waals surface area contributed by atoms with E-state index in [1.54, 1.807) is 24.3 Å². The van der Waals surface area contributed by atoms with Gasteiger partial charge in [-0.3, -0.25) is 4.79 Å². The first-order chi connectivity index (χ1) is 10.0. The van der Waals surface area contributed by atoms with Crippen LogP contribution in [-0.4, -0.2) is 11.1 Å². The van der Waals surface area contributed by atoms with E-state index in [4.69, 9.17) is 9.84 Å². The van der Waals surface area contributed by atoms with Crippen LogP contribution >= 0.6 is 0 Å². The number of rotatable bonds is 6. The second-order valence-corrected chi connectivity index (χ2v) is 5.40. The predicted octanol–water partition coefficient (Wildman–Crippen LogP) is 4.02. The molecule has 3 nitrogen and oxygen atoms in total. The smallest absolute Gasteiger partial charge is 0.307 e. The van der Waals surface area contributed by atoms with Gasteiger partial charge in [-0.1, -0.05) is 50.2 Å². The highest BCUT2D eigenvalue weighted by Gasteiger charge is 2.02. The highest BCUT2D eigenvalue weighted by Crippen LogP contribution is 2.17. The third-order valence-electron chi connectivity index (χ3n) is 3.33. The van der Waals surface area contributed by atoms with E-state index in [1.165, 1.54) is 5.56 Å². The van der Waals surface area contributed by atoms with E-state index in [0.29, 0.717) is 12.5 Å². The largest absolute Gasteiger partial charge is 0.489 e. The first-order valence-corrected chi connectivity index (χ1v) is 7.07. The van der Waals surface area contributed by atoms with Gasteiger partial charge in [-0.15, -0.1) is 0 Å². The van der Waals surface area contributed by atoms with Gasteiger partial charge in [0.15, 0.2) is 0 Å². The van der Waals surface area contributed by atoms with Crippen LogP contribution in [0.5, 0.6) is 5.75 Å². The highest BCUT2D eigenvalue weighted by atomic mass is 16.5. The summed E-state index contributed by atoms with van der Waals surface area (Å²) in [6, 6.07) is 15.6. The summed E-state index contributed by atoms with van der Waals surface area (Å²) in [5.41, 5.74) is 3.21. The maximum atomic E-state index is 10.6. The summed E-state index contributed by atoms with van der Waals surface area (Å²) < 4.78 is 5.70. The van der Waals surface area contributed by atoms with Crippen LogP contribution in [0.25, 0.3) is 0 Å². The Morgan fingerprint density at radius 1 is 1.00 bits per heavy atom. The van der Waals surface area contributed by atoms with E-state index in [-0.39, 0.29) is 6.42 Å². The minimum Gasteiger partial charge on any atom is -0.489 e. The Hall–Kier alpha value is -2.29. The third kappa shape index (κ3) is 4.63. The molecule has 2 aromatic carbocycles. The fourth-order valence-electron chi connectivity index (χ4n) is 2.04. The Morgan fingerprint density at radius 3 is 2.10 bits per heavy atom. The lowest BCUT2D eigenvalue weighted by Gasteiger charge is -2.09.